The van der Waals surface area contributed by atoms with Gasteiger partial charge < -0.3 is 10.8 Å². The molecule has 1 aromatic carbocycles. The van der Waals surface area contributed by atoms with Crippen LogP contribution in [0, 0.1) is 0 Å². The van der Waals surface area contributed by atoms with E-state index in [1.807, 2.05) is 12.1 Å². The Hall–Kier alpha value is -1.71. The van der Waals surface area contributed by atoms with Crippen LogP contribution in [-0.2, 0) is 13.2 Å². The van der Waals surface area contributed by atoms with Crippen molar-refractivity contribution < 1.29 is 5.11 Å². The number of tetrazole rings is 1. The van der Waals surface area contributed by atoms with Crippen molar-refractivity contribution in [2.75, 3.05) is 0 Å². The lowest BCUT2D eigenvalue weighted by Crippen LogP contribution is -2.01. The molecule has 3 rings (SSSR count). The van der Waals surface area contributed by atoms with Crippen LogP contribution in [0.25, 0.3) is 11.4 Å². The molecule has 126 valence electrons. The third-order valence-electron chi connectivity index (χ3n) is 3.18. The summed E-state index contributed by atoms with van der Waals surface area (Å²) in [5, 5.41) is 24.3. The number of aliphatic hydroxyl groups excluding tert-OH is 1. The summed E-state index contributed by atoms with van der Waals surface area (Å²) < 4.78 is 0. The van der Waals surface area contributed by atoms with Gasteiger partial charge in [-0.25, -0.2) is 10.1 Å². The highest BCUT2D eigenvalue weighted by Crippen LogP contribution is 2.38. The molecule has 2 aromatic heterocycles. The summed E-state index contributed by atoms with van der Waals surface area (Å²) >= 11 is 7.80. The Morgan fingerprint density at radius 1 is 1.29 bits per heavy atom. The van der Waals surface area contributed by atoms with E-state index in [0.29, 0.717) is 22.4 Å². The predicted octanol–water partition coefficient (Wildman–Crippen LogP) is 2.44. The molecule has 0 aliphatic heterocycles. The Bertz CT molecular complexity index is 815. The van der Waals surface area contributed by atoms with Gasteiger partial charge in [0.1, 0.15) is 5.03 Å². The van der Waals surface area contributed by atoms with E-state index in [2.05, 4.69) is 25.6 Å². The van der Waals surface area contributed by atoms with Gasteiger partial charge in [0.2, 0.25) is 0 Å². The van der Waals surface area contributed by atoms with Crippen LogP contribution < -0.4 is 5.73 Å². The summed E-state index contributed by atoms with van der Waals surface area (Å²) in [6, 6.07) is 7.26. The maximum Gasteiger partial charge on any atom is 0.179 e. The number of aliphatic hydroxyl groups is 1. The lowest BCUT2D eigenvalue weighted by molar-refractivity contribution is 0.278. The molecule has 0 bridgehead atoms. The van der Waals surface area contributed by atoms with Crippen molar-refractivity contribution in [3.8, 4) is 11.4 Å². The second-order valence-corrected chi connectivity index (χ2v) is 6.03. The van der Waals surface area contributed by atoms with Gasteiger partial charge in [-0.3, -0.25) is 0 Å². The molecule has 0 aliphatic rings. The average molecular weight is 385 g/mol. The van der Waals surface area contributed by atoms with Gasteiger partial charge in [-0.15, -0.1) is 17.5 Å². The number of halogens is 2. The van der Waals surface area contributed by atoms with Gasteiger partial charge in [0, 0.05) is 28.8 Å². The maximum atomic E-state index is 9.42. The highest BCUT2D eigenvalue weighted by molar-refractivity contribution is 7.99. The van der Waals surface area contributed by atoms with Crippen molar-refractivity contribution >= 4 is 35.8 Å². The summed E-state index contributed by atoms with van der Waals surface area (Å²) in [4.78, 5) is 5.10. The summed E-state index contributed by atoms with van der Waals surface area (Å²) in [6.07, 6.45) is 1.67. The smallest absolute Gasteiger partial charge is 0.179 e. The highest BCUT2D eigenvalue weighted by Gasteiger charge is 2.15. The molecule has 10 heteroatoms. The zero-order valence-corrected chi connectivity index (χ0v) is 14.7. The van der Waals surface area contributed by atoms with Crippen LogP contribution in [0.1, 0.15) is 11.1 Å². The first kappa shape index (κ1) is 18.6. The SMILES string of the molecule is Cl.NCc1cc(-c2nnn[nH]2)cc(Cl)c1Sc1ncccc1CO. The molecule has 0 fully saturated rings. The fourth-order valence-electron chi connectivity index (χ4n) is 2.07. The van der Waals surface area contributed by atoms with Crippen molar-refractivity contribution in [3.05, 3.63) is 46.6 Å². The van der Waals surface area contributed by atoms with E-state index >= 15 is 0 Å². The number of H-pyrrole nitrogens is 1. The molecule has 0 spiro atoms. The van der Waals surface area contributed by atoms with Crippen molar-refractivity contribution in [2.45, 2.75) is 23.1 Å². The third kappa shape index (κ3) is 3.85. The Labute approximate surface area is 153 Å². The summed E-state index contributed by atoms with van der Waals surface area (Å²) in [5.41, 5.74) is 8.21. The first-order valence-corrected chi connectivity index (χ1v) is 7.91. The minimum absolute atomic E-state index is 0. The van der Waals surface area contributed by atoms with Crippen LogP contribution in [0.3, 0.4) is 0 Å². The van der Waals surface area contributed by atoms with Crippen molar-refractivity contribution in [2.24, 2.45) is 5.73 Å². The Morgan fingerprint density at radius 2 is 2.12 bits per heavy atom. The van der Waals surface area contributed by atoms with E-state index < -0.39 is 0 Å². The van der Waals surface area contributed by atoms with Crippen LogP contribution in [0.4, 0.5) is 0 Å². The number of hydrogen-bond donors (Lipinski definition) is 3. The molecule has 7 nitrogen and oxygen atoms in total. The van der Waals surface area contributed by atoms with Gasteiger partial charge in [-0.1, -0.05) is 29.4 Å². The van der Waals surface area contributed by atoms with Crippen LogP contribution in [0.5, 0.6) is 0 Å². The molecular formula is C14H14Cl2N6OS. The summed E-state index contributed by atoms with van der Waals surface area (Å²) in [7, 11) is 0. The normalized spacial score (nSPS) is 10.5. The molecule has 0 atom stereocenters. The number of nitrogens with two attached hydrogens (primary N) is 1. The van der Waals surface area contributed by atoms with E-state index in [1.54, 1.807) is 18.3 Å². The van der Waals surface area contributed by atoms with Gasteiger partial charge in [-0.05, 0) is 34.2 Å². The number of nitrogens with zero attached hydrogens (tertiary/aromatic N) is 4. The van der Waals surface area contributed by atoms with Crippen LogP contribution in [0.15, 0.2) is 40.4 Å². The van der Waals surface area contributed by atoms with Crippen LogP contribution in [-0.4, -0.2) is 30.7 Å². The standard InChI is InChI=1S/C14H13ClN6OS.ClH/c15-11-5-9(13-18-20-21-19-13)4-10(6-16)12(11)23-14-8(7-22)2-1-3-17-14;/h1-5,22H,6-7,16H2,(H,18,19,20,21);1H. The molecule has 0 radical (unpaired) electrons. The van der Waals surface area contributed by atoms with Crippen molar-refractivity contribution in [1.82, 2.24) is 25.6 Å². The van der Waals surface area contributed by atoms with Gasteiger partial charge >= 0.3 is 0 Å². The maximum absolute atomic E-state index is 9.42. The lowest BCUT2D eigenvalue weighted by atomic mass is 10.1. The molecule has 4 N–H and O–H groups in total. The highest BCUT2D eigenvalue weighted by atomic mass is 35.5. The first-order chi connectivity index (χ1) is 11.2. The van der Waals surface area contributed by atoms with E-state index in [4.69, 9.17) is 17.3 Å². The zero-order chi connectivity index (χ0) is 16.2. The number of benzene rings is 1. The second kappa shape index (κ2) is 8.41. The summed E-state index contributed by atoms with van der Waals surface area (Å²) in [5.74, 6) is 0.520. The van der Waals surface area contributed by atoms with Crippen molar-refractivity contribution in [3.63, 3.8) is 0 Å². The minimum atomic E-state index is -0.0897. The zero-order valence-electron chi connectivity index (χ0n) is 12.3. The predicted molar refractivity (Wildman–Crippen MR) is 94.0 cm³/mol. The minimum Gasteiger partial charge on any atom is -0.392 e. The molecule has 0 amide bonds. The summed E-state index contributed by atoms with van der Waals surface area (Å²) in [6.45, 7) is 0.215. The first-order valence-electron chi connectivity index (χ1n) is 6.72. The number of aromatic nitrogens is 5. The van der Waals surface area contributed by atoms with Gasteiger partial charge in [0.05, 0.1) is 11.6 Å². The lowest BCUT2D eigenvalue weighted by Gasteiger charge is -2.12. The Kier molecular flexibility index (Phi) is 6.52. The largest absolute Gasteiger partial charge is 0.392 e. The number of aromatic amines is 1. The van der Waals surface area contributed by atoms with Crippen LogP contribution in [0.2, 0.25) is 5.02 Å². The van der Waals surface area contributed by atoms with E-state index in [0.717, 1.165) is 21.6 Å². The van der Waals surface area contributed by atoms with E-state index in [1.165, 1.54) is 11.8 Å². The molecule has 24 heavy (non-hydrogen) atoms. The molecule has 3 aromatic rings. The Morgan fingerprint density at radius 3 is 2.79 bits per heavy atom. The van der Waals surface area contributed by atoms with Gasteiger partial charge in [0.15, 0.2) is 5.82 Å². The van der Waals surface area contributed by atoms with Gasteiger partial charge in [0.25, 0.3) is 0 Å². The molecule has 0 saturated carbocycles. The van der Waals surface area contributed by atoms with E-state index in [9.17, 15) is 5.11 Å². The molecule has 0 unspecified atom stereocenters. The molecule has 2 heterocycles. The monoisotopic (exact) mass is 384 g/mol. The topological polar surface area (TPSA) is 114 Å². The van der Waals surface area contributed by atoms with Crippen molar-refractivity contribution in [1.29, 1.82) is 0 Å². The Balaban J connectivity index is 0.00000208. The number of nitrogens with one attached hydrogen (secondary N) is 1. The molecule has 0 aliphatic carbocycles. The number of pyridine rings is 1. The second-order valence-electron chi connectivity index (χ2n) is 4.63. The van der Waals surface area contributed by atoms with Gasteiger partial charge in [-0.2, -0.15) is 0 Å². The van der Waals surface area contributed by atoms with Crippen LogP contribution >= 0.6 is 35.8 Å². The third-order valence-corrected chi connectivity index (χ3v) is 4.84. The number of hydrogen-bond acceptors (Lipinski definition) is 7. The average Bonchev–Trinajstić information content (AvgIpc) is 3.11. The fourth-order valence-corrected chi connectivity index (χ4v) is 3.42. The quantitative estimate of drug-likeness (QED) is 0.618. The number of rotatable bonds is 5. The van der Waals surface area contributed by atoms with E-state index in [-0.39, 0.29) is 19.0 Å². The molecule has 0 saturated heterocycles. The molecular weight excluding hydrogens is 371 g/mol. The fraction of sp³-hybridized carbons (Fsp3) is 0.143.